The summed E-state index contributed by atoms with van der Waals surface area (Å²) in [6, 6.07) is 5.10. The second-order valence-electron chi connectivity index (χ2n) is 15.9. The highest BCUT2D eigenvalue weighted by molar-refractivity contribution is 7.91. The molecule has 316 valence electrons. The van der Waals surface area contributed by atoms with Crippen molar-refractivity contribution in [1.29, 1.82) is 0 Å². The fourth-order valence-corrected chi connectivity index (χ4v) is 10.0. The van der Waals surface area contributed by atoms with Gasteiger partial charge in [0.05, 0.1) is 23.1 Å². The summed E-state index contributed by atoms with van der Waals surface area (Å²) < 4.78 is 74.5. The molecule has 4 aliphatic rings. The Kier molecular flexibility index (Phi) is 11.8. The van der Waals surface area contributed by atoms with Crippen LogP contribution in [0.2, 0.25) is 0 Å². The normalized spacial score (nSPS) is 28.3. The first-order valence-electron chi connectivity index (χ1n) is 19.6. The zero-order valence-electron chi connectivity index (χ0n) is 32.3. The van der Waals surface area contributed by atoms with Gasteiger partial charge in [0.2, 0.25) is 21.8 Å². The van der Waals surface area contributed by atoms with Crippen LogP contribution in [0.25, 0.3) is 22.0 Å². The number of nitrogens with one attached hydrogen (secondary N) is 3. The molecule has 2 aliphatic carbocycles. The first kappa shape index (κ1) is 42.1. The molecular weight excluding hydrogens is 814 g/mol. The fraction of sp³-hybridized carbons (Fsp3) is 0.500. The maximum atomic E-state index is 14.6. The molecule has 2 aromatic heterocycles. The van der Waals surface area contributed by atoms with Gasteiger partial charge in [-0.25, -0.2) is 23.2 Å². The van der Waals surface area contributed by atoms with Crippen molar-refractivity contribution in [2.45, 2.75) is 100 Å². The minimum absolute atomic E-state index is 0.0689. The predicted octanol–water partition coefficient (Wildman–Crippen LogP) is 5.76. The third-order valence-corrected chi connectivity index (χ3v) is 14.1. The lowest BCUT2D eigenvalue weighted by atomic mass is 9.85. The smallest absolute Gasteiger partial charge is 0.416 e. The lowest BCUT2D eigenvalue weighted by molar-refractivity contribution is -0.142. The van der Waals surface area contributed by atoms with E-state index in [1.54, 1.807) is 17.6 Å². The number of carboxylic acid groups (broad SMARTS) is 1. The highest BCUT2D eigenvalue weighted by atomic mass is 32.2. The van der Waals surface area contributed by atoms with Crippen LogP contribution in [0.1, 0.15) is 70.8 Å². The van der Waals surface area contributed by atoms with Gasteiger partial charge in [0.25, 0.3) is 5.91 Å². The Hall–Kier alpha value is -5.04. The van der Waals surface area contributed by atoms with Gasteiger partial charge in [0.15, 0.2) is 0 Å². The Morgan fingerprint density at radius 1 is 1.10 bits per heavy atom. The number of amides is 4. The van der Waals surface area contributed by atoms with Crippen molar-refractivity contribution < 1.29 is 50.6 Å². The van der Waals surface area contributed by atoms with Crippen molar-refractivity contribution in [3.8, 4) is 27.7 Å². The van der Waals surface area contributed by atoms with Crippen LogP contribution >= 0.6 is 11.3 Å². The Bertz CT molecular complexity index is 2220. The van der Waals surface area contributed by atoms with Crippen LogP contribution in [0.15, 0.2) is 60.1 Å². The van der Waals surface area contributed by atoms with Crippen LogP contribution in [-0.4, -0.2) is 87.7 Å². The van der Waals surface area contributed by atoms with E-state index in [0.717, 1.165) is 12.1 Å². The van der Waals surface area contributed by atoms with Crippen LogP contribution in [-0.2, 0) is 30.6 Å². The van der Waals surface area contributed by atoms with Crippen LogP contribution in [0.4, 0.5) is 18.0 Å². The minimum atomic E-state index is -4.55. The topological polar surface area (TPSA) is 197 Å². The second kappa shape index (κ2) is 16.5. The van der Waals surface area contributed by atoms with E-state index >= 15 is 0 Å². The van der Waals surface area contributed by atoms with Gasteiger partial charge in [-0.1, -0.05) is 44.6 Å². The molecule has 2 saturated carbocycles. The number of nitrogens with zero attached hydrogens (tertiary/aromatic N) is 3. The highest BCUT2D eigenvalue weighted by Crippen LogP contribution is 2.46. The summed E-state index contributed by atoms with van der Waals surface area (Å²) in [5.41, 5.74) is -1.45. The lowest BCUT2D eigenvalue weighted by Crippen LogP contribution is -2.59. The average Bonchev–Trinajstić information content (AvgIpc) is 4.05. The first-order valence-corrected chi connectivity index (χ1v) is 22.0. The molecule has 2 aliphatic heterocycles. The Balaban J connectivity index is 1.23. The zero-order valence-corrected chi connectivity index (χ0v) is 33.9. The van der Waals surface area contributed by atoms with Gasteiger partial charge in [-0.05, 0) is 62.5 Å². The summed E-state index contributed by atoms with van der Waals surface area (Å²) in [4.78, 5) is 65.3. The molecule has 4 heterocycles. The van der Waals surface area contributed by atoms with E-state index in [0.29, 0.717) is 54.8 Å². The van der Waals surface area contributed by atoms with Crippen molar-refractivity contribution in [2.75, 3.05) is 6.54 Å². The highest BCUT2D eigenvalue weighted by Gasteiger charge is 2.62. The number of fused-ring (bicyclic) bond motifs is 2. The number of rotatable bonds is 9. The van der Waals surface area contributed by atoms with Crippen LogP contribution < -0.4 is 20.1 Å². The number of carbonyl (C=O) groups is 4. The molecule has 7 rings (SSSR count). The van der Waals surface area contributed by atoms with E-state index in [-0.39, 0.29) is 36.7 Å². The maximum absolute atomic E-state index is 14.6. The van der Waals surface area contributed by atoms with Crippen molar-refractivity contribution in [1.82, 2.24) is 30.2 Å². The SMILES string of the molecule is CC[C@@H]1C[C@H](C)CC/C=C\[C@@H]2C[C@@]2(C(=O)NS(=O)(=O)C2CC2)NC(=O)[C@@H]2C[C@@H](Oc3cc(-c4ccc(C(F)(F)F)cc4)nc(-c4nccs4)c3)CN2C(=O)[C@H]1NC(=O)O. The number of ether oxygens (including phenoxy) is 1. The van der Waals surface area contributed by atoms with Crippen molar-refractivity contribution >= 4 is 45.2 Å². The van der Waals surface area contributed by atoms with Crippen LogP contribution in [0.3, 0.4) is 0 Å². The molecule has 0 unspecified atom stereocenters. The van der Waals surface area contributed by atoms with Gasteiger partial charge < -0.3 is 25.4 Å². The van der Waals surface area contributed by atoms with Gasteiger partial charge in [-0.3, -0.25) is 19.1 Å². The molecule has 1 aromatic carbocycles. The number of thiazole rings is 1. The minimum Gasteiger partial charge on any atom is -0.488 e. The predicted molar refractivity (Wildman–Crippen MR) is 210 cm³/mol. The number of aromatic nitrogens is 2. The van der Waals surface area contributed by atoms with E-state index in [4.69, 9.17) is 4.74 Å². The molecule has 3 aromatic rings. The third-order valence-electron chi connectivity index (χ3n) is 11.5. The quantitative estimate of drug-likeness (QED) is 0.192. The molecule has 4 amide bonds. The zero-order chi connectivity index (χ0) is 42.3. The van der Waals surface area contributed by atoms with E-state index in [2.05, 4.69) is 25.3 Å². The number of pyridine rings is 1. The molecule has 14 nitrogen and oxygen atoms in total. The number of sulfonamides is 1. The number of alkyl halides is 3. The number of carbonyl (C=O) groups excluding carboxylic acids is 3. The number of allylic oxidation sites excluding steroid dienone is 1. The molecule has 19 heteroatoms. The molecule has 0 bridgehead atoms. The largest absolute Gasteiger partial charge is 0.488 e. The number of benzene rings is 1. The van der Waals surface area contributed by atoms with Gasteiger partial charge in [0.1, 0.15) is 40.2 Å². The Morgan fingerprint density at radius 3 is 2.47 bits per heavy atom. The molecule has 1 saturated heterocycles. The Morgan fingerprint density at radius 2 is 1.83 bits per heavy atom. The van der Waals surface area contributed by atoms with Crippen LogP contribution in [0, 0.1) is 17.8 Å². The Labute approximate surface area is 343 Å². The molecule has 0 radical (unpaired) electrons. The summed E-state index contributed by atoms with van der Waals surface area (Å²) in [5, 5.41) is 16.7. The molecule has 4 N–H and O–H groups in total. The molecule has 3 fully saturated rings. The third kappa shape index (κ3) is 9.40. The summed E-state index contributed by atoms with van der Waals surface area (Å²) in [7, 11) is -3.97. The van der Waals surface area contributed by atoms with Gasteiger partial charge >= 0.3 is 12.3 Å². The van der Waals surface area contributed by atoms with E-state index in [1.807, 2.05) is 26.0 Å². The molecular formula is C40H45F3N6O8S2. The van der Waals surface area contributed by atoms with Gasteiger partial charge in [0, 0.05) is 41.6 Å². The summed E-state index contributed by atoms with van der Waals surface area (Å²) >= 11 is 1.28. The second-order valence-corrected chi connectivity index (χ2v) is 18.7. The molecule has 0 spiro atoms. The van der Waals surface area contributed by atoms with Gasteiger partial charge in [-0.2, -0.15) is 13.2 Å². The summed E-state index contributed by atoms with van der Waals surface area (Å²) in [6.07, 6.45) is 1.56. The van der Waals surface area contributed by atoms with Crippen LogP contribution in [0.5, 0.6) is 5.75 Å². The first-order chi connectivity index (χ1) is 28.0. The van der Waals surface area contributed by atoms with E-state index in [1.165, 1.54) is 34.4 Å². The summed E-state index contributed by atoms with van der Waals surface area (Å²) in [5.74, 6) is -2.93. The number of hydrogen-bond acceptors (Lipinski definition) is 10. The van der Waals surface area contributed by atoms with Gasteiger partial charge in [-0.15, -0.1) is 11.3 Å². The van der Waals surface area contributed by atoms with Crippen molar-refractivity contribution in [3.63, 3.8) is 0 Å². The number of halogens is 3. The fourth-order valence-electron chi connectivity index (χ4n) is 8.05. The average molecular weight is 859 g/mol. The van der Waals surface area contributed by atoms with Crippen molar-refractivity contribution in [2.24, 2.45) is 17.8 Å². The monoisotopic (exact) mass is 858 g/mol. The standard InChI is InChI=1S/C40H45F3N6O8S2/c1-3-23-16-22(2)6-4-5-7-26-20-39(26,37(52)48-59(55,56)29-12-13-29)47-34(50)32-19-28(21-49(32)36(51)33(23)46-38(53)54)57-27-17-30(45-31(18-27)35-44-14-15-58-35)24-8-10-25(11-9-24)40(41,42)43/h5,7-11,14-15,17-18,22-23,26,28-29,32-33,46H,3-4,6,12-13,16,19-21H2,1-2H3,(H,47,50)(H,48,52)(H,53,54)/b7-5-/t22-,23-,26-,28-,32+,33+,39-/m1/s1. The number of hydrogen-bond donors (Lipinski definition) is 4. The van der Waals surface area contributed by atoms with E-state index < -0.39 is 86.4 Å². The molecule has 7 atom stereocenters. The lowest BCUT2D eigenvalue weighted by Gasteiger charge is -2.33. The van der Waals surface area contributed by atoms with E-state index in [9.17, 15) is 45.9 Å². The maximum Gasteiger partial charge on any atom is 0.416 e. The van der Waals surface area contributed by atoms with Crippen molar-refractivity contribution in [3.05, 3.63) is 65.7 Å². The summed E-state index contributed by atoms with van der Waals surface area (Å²) in [6.45, 7) is 3.69. The molecule has 59 heavy (non-hydrogen) atoms.